The van der Waals surface area contributed by atoms with Gasteiger partial charge in [0.25, 0.3) is 0 Å². The van der Waals surface area contributed by atoms with Crippen LogP contribution in [0.4, 0.5) is 5.69 Å². The van der Waals surface area contributed by atoms with E-state index < -0.39 is 28.1 Å². The minimum atomic E-state index is -0.932. The molecule has 1 heterocycles. The third kappa shape index (κ3) is 1.96. The fourth-order valence-electron chi connectivity index (χ4n) is 1.75. The second-order valence-corrected chi connectivity index (χ2v) is 3.95. The van der Waals surface area contributed by atoms with Crippen LogP contribution in [0.1, 0.15) is 27.8 Å². The Hall–Kier alpha value is -2.90. The van der Waals surface area contributed by atoms with Gasteiger partial charge in [0.2, 0.25) is 5.58 Å². The number of phenolic OH excluding ortho intramolecular Hbond substituents is 1. The number of Topliss-reactive ketones (excluding diaryl/α,β-unsaturated/α-hetero) is 1. The Labute approximate surface area is 111 Å². The predicted octanol–water partition coefficient (Wildman–Crippen LogP) is 2.04. The summed E-state index contributed by atoms with van der Waals surface area (Å²) in [5, 5.41) is 20.9. The molecule has 20 heavy (non-hydrogen) atoms. The van der Waals surface area contributed by atoms with Gasteiger partial charge in [-0.2, -0.15) is 0 Å². The molecular formula is C12H9NO7. The van der Waals surface area contributed by atoms with Gasteiger partial charge in [0.1, 0.15) is 11.3 Å². The molecule has 0 aliphatic rings. The number of phenols is 1. The molecule has 0 saturated carbocycles. The molecule has 104 valence electrons. The van der Waals surface area contributed by atoms with Gasteiger partial charge in [-0.15, -0.1) is 0 Å². The molecule has 1 aromatic carbocycles. The SMILES string of the molecule is COC(=O)c1cc([N+](=O)[O-])c2oc(C(C)=O)cc2c1O. The summed E-state index contributed by atoms with van der Waals surface area (Å²) in [6.45, 7) is 1.21. The van der Waals surface area contributed by atoms with Crippen LogP contribution in [0, 0.1) is 10.1 Å². The molecule has 8 heteroatoms. The van der Waals surface area contributed by atoms with Crippen LogP contribution >= 0.6 is 0 Å². The first-order valence-electron chi connectivity index (χ1n) is 5.40. The topological polar surface area (TPSA) is 120 Å². The number of nitro groups is 1. The van der Waals surface area contributed by atoms with E-state index in [1.807, 2.05) is 0 Å². The maximum Gasteiger partial charge on any atom is 0.341 e. The summed E-state index contributed by atoms with van der Waals surface area (Å²) >= 11 is 0. The molecule has 0 atom stereocenters. The largest absolute Gasteiger partial charge is 0.506 e. The Balaban J connectivity index is 2.87. The van der Waals surface area contributed by atoms with Crippen molar-refractivity contribution in [1.82, 2.24) is 0 Å². The van der Waals surface area contributed by atoms with E-state index in [2.05, 4.69) is 4.74 Å². The zero-order valence-corrected chi connectivity index (χ0v) is 10.5. The van der Waals surface area contributed by atoms with Crippen LogP contribution in [0.5, 0.6) is 5.75 Å². The summed E-state index contributed by atoms with van der Waals surface area (Å²) in [5.74, 6) is -2.08. The molecule has 2 rings (SSSR count). The molecule has 1 N–H and O–H groups in total. The summed E-state index contributed by atoms with van der Waals surface area (Å²) in [5.41, 5.74) is -1.18. The summed E-state index contributed by atoms with van der Waals surface area (Å²) in [6.07, 6.45) is 0. The minimum Gasteiger partial charge on any atom is -0.506 e. The number of hydrogen-bond acceptors (Lipinski definition) is 7. The van der Waals surface area contributed by atoms with Gasteiger partial charge < -0.3 is 14.3 Å². The number of benzene rings is 1. The zero-order valence-electron chi connectivity index (χ0n) is 10.5. The van der Waals surface area contributed by atoms with Gasteiger partial charge >= 0.3 is 11.7 Å². The fourth-order valence-corrected chi connectivity index (χ4v) is 1.75. The van der Waals surface area contributed by atoms with Crippen molar-refractivity contribution in [3.63, 3.8) is 0 Å². The standard InChI is InChI=1S/C12H9NO7/c1-5(14)9-4-6-10(15)7(12(16)19-2)3-8(13(17)18)11(6)20-9/h3-4,15H,1-2H3. The third-order valence-electron chi connectivity index (χ3n) is 2.71. The van der Waals surface area contributed by atoms with Gasteiger partial charge in [-0.1, -0.05) is 0 Å². The lowest BCUT2D eigenvalue weighted by molar-refractivity contribution is -0.383. The molecule has 1 aromatic heterocycles. The molecule has 0 spiro atoms. The van der Waals surface area contributed by atoms with Gasteiger partial charge in [-0.25, -0.2) is 4.79 Å². The number of ether oxygens (including phenoxy) is 1. The van der Waals surface area contributed by atoms with Crippen molar-refractivity contribution in [3.05, 3.63) is 33.6 Å². The molecule has 0 aliphatic carbocycles. The molecule has 0 amide bonds. The zero-order chi connectivity index (χ0) is 15.0. The van der Waals surface area contributed by atoms with Gasteiger partial charge in [-0.3, -0.25) is 14.9 Å². The number of nitrogens with zero attached hydrogens (tertiary/aromatic N) is 1. The fraction of sp³-hybridized carbons (Fsp3) is 0.167. The van der Waals surface area contributed by atoms with Crippen LogP contribution in [0.25, 0.3) is 11.0 Å². The highest BCUT2D eigenvalue weighted by atomic mass is 16.6. The summed E-state index contributed by atoms with van der Waals surface area (Å²) in [7, 11) is 1.08. The van der Waals surface area contributed by atoms with Crippen molar-refractivity contribution in [3.8, 4) is 5.75 Å². The molecule has 0 aliphatic heterocycles. The van der Waals surface area contributed by atoms with E-state index in [-0.39, 0.29) is 22.3 Å². The number of esters is 1. The van der Waals surface area contributed by atoms with E-state index in [0.29, 0.717) is 0 Å². The number of methoxy groups -OCH3 is 1. The first-order chi connectivity index (χ1) is 9.36. The van der Waals surface area contributed by atoms with Gasteiger partial charge in [0.05, 0.1) is 17.4 Å². The first-order valence-corrected chi connectivity index (χ1v) is 5.40. The van der Waals surface area contributed by atoms with Crippen molar-refractivity contribution >= 4 is 28.4 Å². The average molecular weight is 279 g/mol. The lowest BCUT2D eigenvalue weighted by atomic mass is 10.1. The van der Waals surface area contributed by atoms with E-state index in [4.69, 9.17) is 4.42 Å². The summed E-state index contributed by atoms with van der Waals surface area (Å²) in [6, 6.07) is 1.99. The van der Waals surface area contributed by atoms with E-state index in [1.54, 1.807) is 0 Å². The molecule has 8 nitrogen and oxygen atoms in total. The van der Waals surface area contributed by atoms with Crippen LogP contribution in [0.3, 0.4) is 0 Å². The number of carbonyl (C=O) groups is 2. The molecule has 0 saturated heterocycles. The molecule has 2 aromatic rings. The summed E-state index contributed by atoms with van der Waals surface area (Å²) in [4.78, 5) is 33.0. The quantitative estimate of drug-likeness (QED) is 0.395. The number of furan rings is 1. The van der Waals surface area contributed by atoms with Gasteiger partial charge in [0.15, 0.2) is 11.5 Å². The molecule has 0 fully saturated rings. The first kappa shape index (κ1) is 13.5. The minimum absolute atomic E-state index is 0.0928. The maximum absolute atomic E-state index is 11.5. The number of fused-ring (bicyclic) bond motifs is 1. The highest BCUT2D eigenvalue weighted by molar-refractivity contribution is 6.05. The second kappa shape index (κ2) is 4.65. The van der Waals surface area contributed by atoms with Crippen LogP contribution in [-0.2, 0) is 4.74 Å². The Morgan fingerprint density at radius 2 is 2.05 bits per heavy atom. The van der Waals surface area contributed by atoms with E-state index in [9.17, 15) is 24.8 Å². The number of non-ortho nitro benzene ring substituents is 1. The Morgan fingerprint density at radius 1 is 1.40 bits per heavy atom. The normalized spacial score (nSPS) is 10.5. The van der Waals surface area contributed by atoms with Crippen molar-refractivity contribution in [2.24, 2.45) is 0 Å². The second-order valence-electron chi connectivity index (χ2n) is 3.95. The average Bonchev–Trinajstić information content (AvgIpc) is 2.83. The van der Waals surface area contributed by atoms with Crippen molar-refractivity contribution < 1.29 is 28.8 Å². The molecule has 0 bridgehead atoms. The Bertz CT molecular complexity index is 744. The van der Waals surface area contributed by atoms with E-state index in [0.717, 1.165) is 19.2 Å². The Morgan fingerprint density at radius 3 is 2.55 bits per heavy atom. The van der Waals surface area contributed by atoms with Crippen molar-refractivity contribution in [2.45, 2.75) is 6.92 Å². The number of carbonyl (C=O) groups excluding carboxylic acids is 2. The highest BCUT2D eigenvalue weighted by Crippen LogP contribution is 2.38. The monoisotopic (exact) mass is 279 g/mol. The number of hydrogen-bond donors (Lipinski definition) is 1. The van der Waals surface area contributed by atoms with Crippen LogP contribution in [0.15, 0.2) is 16.5 Å². The van der Waals surface area contributed by atoms with Crippen LogP contribution in [0.2, 0.25) is 0 Å². The molecule has 0 radical (unpaired) electrons. The predicted molar refractivity (Wildman–Crippen MR) is 65.9 cm³/mol. The summed E-state index contributed by atoms with van der Waals surface area (Å²) < 4.78 is 9.50. The number of rotatable bonds is 3. The van der Waals surface area contributed by atoms with Crippen LogP contribution < -0.4 is 0 Å². The van der Waals surface area contributed by atoms with E-state index in [1.165, 1.54) is 6.92 Å². The molecular weight excluding hydrogens is 270 g/mol. The Kier molecular flexibility index (Phi) is 3.15. The lowest BCUT2D eigenvalue weighted by Crippen LogP contribution is -2.03. The number of ketones is 1. The van der Waals surface area contributed by atoms with Crippen LogP contribution in [-0.4, -0.2) is 28.9 Å². The van der Waals surface area contributed by atoms with Crippen molar-refractivity contribution in [2.75, 3.05) is 7.11 Å². The third-order valence-corrected chi connectivity index (χ3v) is 2.71. The highest BCUT2D eigenvalue weighted by Gasteiger charge is 2.27. The lowest BCUT2D eigenvalue weighted by Gasteiger charge is -2.03. The van der Waals surface area contributed by atoms with Gasteiger partial charge in [0, 0.05) is 13.0 Å². The number of nitro benzene ring substituents is 1. The maximum atomic E-state index is 11.5. The molecule has 0 unspecified atom stereocenters. The van der Waals surface area contributed by atoms with Gasteiger partial charge in [-0.05, 0) is 6.07 Å². The number of aromatic hydroxyl groups is 1. The van der Waals surface area contributed by atoms with Crippen molar-refractivity contribution in [1.29, 1.82) is 0 Å². The smallest absolute Gasteiger partial charge is 0.341 e. The van der Waals surface area contributed by atoms with E-state index >= 15 is 0 Å².